The van der Waals surface area contributed by atoms with Gasteiger partial charge in [0.2, 0.25) is 0 Å². The lowest BCUT2D eigenvalue weighted by Crippen LogP contribution is -2.60. The van der Waals surface area contributed by atoms with Gasteiger partial charge in [-0.15, -0.1) is 11.3 Å². The molecule has 0 N–H and O–H groups in total. The van der Waals surface area contributed by atoms with Crippen molar-refractivity contribution in [3.63, 3.8) is 0 Å². The molecular weight excluding hydrogens is 659 g/mol. The number of para-hydroxylation sites is 3. The predicted octanol–water partition coefficient (Wildman–Crippen LogP) is 10.8. The molecule has 4 heteroatoms. The highest BCUT2D eigenvalue weighted by Crippen LogP contribution is 2.67. The van der Waals surface area contributed by atoms with Gasteiger partial charge in [0.05, 0.1) is 11.1 Å². The second-order valence-electron chi connectivity index (χ2n) is 15.0. The molecule has 12 rings (SSSR count). The highest BCUT2D eigenvalue weighted by atomic mass is 32.1. The van der Waals surface area contributed by atoms with Gasteiger partial charge in [0.25, 0.3) is 6.71 Å². The van der Waals surface area contributed by atoms with E-state index in [2.05, 4.69) is 199 Å². The van der Waals surface area contributed by atoms with Gasteiger partial charge >= 0.3 is 0 Å². The molecule has 8 aromatic rings. The third kappa shape index (κ3) is 3.64. The van der Waals surface area contributed by atoms with E-state index in [1.54, 1.807) is 0 Å². The molecule has 1 aromatic heterocycles. The van der Waals surface area contributed by atoms with E-state index >= 15 is 0 Å². The summed E-state index contributed by atoms with van der Waals surface area (Å²) >= 11 is 2.05. The highest BCUT2D eigenvalue weighted by molar-refractivity contribution is 7.30. The van der Waals surface area contributed by atoms with Crippen LogP contribution < -0.4 is 25.5 Å². The number of rotatable bonds is 2. The van der Waals surface area contributed by atoms with Crippen LogP contribution >= 0.6 is 11.3 Å². The zero-order chi connectivity index (χ0) is 35.0. The van der Waals surface area contributed by atoms with Crippen molar-refractivity contribution in [3.05, 3.63) is 196 Å². The topological polar surface area (TPSA) is 6.48 Å². The Balaban J connectivity index is 1.25. The number of thiophene rings is 1. The fourth-order valence-electron chi connectivity index (χ4n) is 10.2. The molecule has 0 saturated carbocycles. The van der Waals surface area contributed by atoms with E-state index < -0.39 is 5.41 Å². The van der Waals surface area contributed by atoms with Crippen molar-refractivity contribution in [2.45, 2.75) is 19.3 Å². The number of hydrogen-bond donors (Lipinski definition) is 0. The van der Waals surface area contributed by atoms with Crippen molar-refractivity contribution < 1.29 is 0 Å². The first kappa shape index (κ1) is 29.5. The van der Waals surface area contributed by atoms with E-state index in [0.29, 0.717) is 0 Å². The Morgan fingerprint density at radius 1 is 0.491 bits per heavy atom. The number of fused-ring (bicyclic) bond motifs is 15. The van der Waals surface area contributed by atoms with Crippen LogP contribution in [0.15, 0.2) is 164 Å². The van der Waals surface area contributed by atoms with Gasteiger partial charge in [0.1, 0.15) is 0 Å². The number of aryl methyl sites for hydroxylation is 2. The summed E-state index contributed by atoms with van der Waals surface area (Å²) < 4.78 is 1.42. The van der Waals surface area contributed by atoms with Crippen LogP contribution in [0.2, 0.25) is 0 Å². The number of anilines is 6. The van der Waals surface area contributed by atoms with Crippen LogP contribution in [0.25, 0.3) is 22.3 Å². The molecule has 0 atom stereocenters. The molecule has 0 saturated heterocycles. The van der Waals surface area contributed by atoms with Gasteiger partial charge in [-0.2, -0.15) is 0 Å². The maximum absolute atomic E-state index is 2.61. The molecule has 4 aliphatic rings. The van der Waals surface area contributed by atoms with Crippen LogP contribution in [0, 0.1) is 13.8 Å². The van der Waals surface area contributed by atoms with Crippen LogP contribution in [0.3, 0.4) is 0 Å². The summed E-state index contributed by atoms with van der Waals surface area (Å²) in [4.78, 5) is 6.55. The Morgan fingerprint density at radius 2 is 1.08 bits per heavy atom. The molecule has 0 amide bonds. The van der Waals surface area contributed by atoms with Crippen LogP contribution in [0.1, 0.15) is 32.7 Å². The quantitative estimate of drug-likeness (QED) is 0.166. The number of nitrogens with zero attached hydrogens (tertiary/aromatic N) is 2. The lowest BCUT2D eigenvalue weighted by atomic mass is 9.36. The first-order valence-electron chi connectivity index (χ1n) is 18.6. The first-order valence-corrected chi connectivity index (χ1v) is 19.4. The largest absolute Gasteiger partial charge is 0.311 e. The van der Waals surface area contributed by atoms with E-state index in [1.165, 1.54) is 105 Å². The molecule has 2 aliphatic carbocycles. The van der Waals surface area contributed by atoms with Crippen LogP contribution in [0.5, 0.6) is 0 Å². The van der Waals surface area contributed by atoms with Gasteiger partial charge in [-0.1, -0.05) is 127 Å². The minimum absolute atomic E-state index is 0.0835. The van der Waals surface area contributed by atoms with Crippen molar-refractivity contribution in [2.75, 3.05) is 9.80 Å². The van der Waals surface area contributed by atoms with E-state index in [0.717, 1.165) is 0 Å². The average molecular weight is 693 g/mol. The summed E-state index contributed by atoms with van der Waals surface area (Å²) in [6.07, 6.45) is 0. The van der Waals surface area contributed by atoms with Crippen molar-refractivity contribution in [2.24, 2.45) is 0 Å². The molecule has 0 fully saturated rings. The molecule has 0 radical (unpaired) electrons. The molecule has 1 spiro atoms. The minimum atomic E-state index is -0.399. The van der Waals surface area contributed by atoms with Gasteiger partial charge < -0.3 is 9.80 Å². The number of benzene rings is 7. The lowest BCUT2D eigenvalue weighted by molar-refractivity contribution is 0.810. The van der Waals surface area contributed by atoms with Crippen LogP contribution in [-0.2, 0) is 5.41 Å². The van der Waals surface area contributed by atoms with Crippen LogP contribution in [0.4, 0.5) is 34.1 Å². The molecule has 53 heavy (non-hydrogen) atoms. The molecule has 0 bridgehead atoms. The maximum atomic E-state index is 2.61. The lowest BCUT2D eigenvalue weighted by Gasteiger charge is -2.43. The van der Waals surface area contributed by atoms with Gasteiger partial charge in [0, 0.05) is 43.7 Å². The summed E-state index contributed by atoms with van der Waals surface area (Å²) in [7, 11) is 0. The fourth-order valence-corrected chi connectivity index (χ4v) is 11.9. The van der Waals surface area contributed by atoms with Gasteiger partial charge in [-0.3, -0.25) is 0 Å². The Morgan fingerprint density at radius 3 is 1.77 bits per heavy atom. The Labute approximate surface area is 314 Å². The summed E-state index contributed by atoms with van der Waals surface area (Å²) in [5.41, 5.74) is 22.0. The Hall–Kier alpha value is -6.10. The summed E-state index contributed by atoms with van der Waals surface area (Å²) in [5, 5.41) is 0. The van der Waals surface area contributed by atoms with Crippen molar-refractivity contribution in [3.8, 4) is 22.3 Å². The van der Waals surface area contributed by atoms with Gasteiger partial charge in [0.15, 0.2) is 0 Å². The zero-order valence-electron chi connectivity index (χ0n) is 29.5. The standard InChI is InChI=1S/C49H33BN2S/c1-30-25-26-36-39(27-30)49(37-21-11-9-19-34(37)35-20-10-12-22-38(35)49)47-44(36)46-48(53-47)50-40-23-13-14-24-41(40)51(32-15-5-3-6-16-32)42-28-31(2)29-43(45(42)50)52(46)33-17-7-4-8-18-33/h3-29H,1-2H3. The number of hydrogen-bond acceptors (Lipinski definition) is 3. The molecule has 7 aromatic carbocycles. The van der Waals surface area contributed by atoms with Gasteiger partial charge in [-0.25, -0.2) is 0 Å². The van der Waals surface area contributed by atoms with Crippen molar-refractivity contribution in [1.82, 2.24) is 0 Å². The van der Waals surface area contributed by atoms with Gasteiger partial charge in [-0.05, 0) is 106 Å². The second kappa shape index (κ2) is 10.5. The smallest absolute Gasteiger partial charge is 0.264 e. The zero-order valence-corrected chi connectivity index (χ0v) is 30.3. The maximum Gasteiger partial charge on any atom is 0.264 e. The minimum Gasteiger partial charge on any atom is -0.311 e. The third-order valence-electron chi connectivity index (χ3n) is 12.1. The molecule has 248 valence electrons. The van der Waals surface area contributed by atoms with E-state index in [-0.39, 0.29) is 6.71 Å². The van der Waals surface area contributed by atoms with Crippen molar-refractivity contribution in [1.29, 1.82) is 0 Å². The summed E-state index contributed by atoms with van der Waals surface area (Å²) in [6.45, 7) is 4.59. The predicted molar refractivity (Wildman–Crippen MR) is 224 cm³/mol. The van der Waals surface area contributed by atoms with Crippen LogP contribution in [-0.4, -0.2) is 6.71 Å². The molecular formula is C49H33BN2S. The molecule has 2 nitrogen and oxygen atoms in total. The SMILES string of the molecule is Cc1cc2c3c(c1)N(c1ccccc1)c1c(sc4c1-c1ccc(C)cc1C41c4ccccc4-c4ccccc41)B3c1ccccc1N2c1ccccc1. The normalized spacial score (nSPS) is 14.6. The second-order valence-corrected chi connectivity index (χ2v) is 16.0. The van der Waals surface area contributed by atoms with E-state index in [4.69, 9.17) is 0 Å². The average Bonchev–Trinajstić information content (AvgIpc) is 3.82. The summed E-state index contributed by atoms with van der Waals surface area (Å²) in [5.74, 6) is 0. The van der Waals surface area contributed by atoms with E-state index in [9.17, 15) is 0 Å². The fraction of sp³-hybridized carbons (Fsp3) is 0.0612. The van der Waals surface area contributed by atoms with E-state index in [1.807, 2.05) is 0 Å². The monoisotopic (exact) mass is 692 g/mol. The van der Waals surface area contributed by atoms with Crippen molar-refractivity contribution >= 4 is 67.9 Å². The molecule has 2 aliphatic heterocycles. The third-order valence-corrected chi connectivity index (χ3v) is 13.5. The summed E-state index contributed by atoms with van der Waals surface area (Å²) in [6, 6.07) is 61.5. The molecule has 0 unspecified atom stereocenters. The first-order chi connectivity index (χ1) is 26.1. The Kier molecular flexibility index (Phi) is 5.84. The Bertz CT molecular complexity index is 2790. The highest BCUT2D eigenvalue weighted by Gasteiger charge is 2.56. The molecule has 3 heterocycles.